The Hall–Kier alpha value is -0.740. The predicted molar refractivity (Wildman–Crippen MR) is 51.0 cm³/mol. The Labute approximate surface area is 84.3 Å². The lowest BCUT2D eigenvalue weighted by Crippen LogP contribution is -2.83. The quantitative estimate of drug-likeness (QED) is 0.795. The van der Waals surface area contributed by atoms with Crippen molar-refractivity contribution in [3.8, 4) is 0 Å². The van der Waals surface area contributed by atoms with Gasteiger partial charge in [0.25, 0.3) is 0 Å². The van der Waals surface area contributed by atoms with Crippen LogP contribution in [0, 0.1) is 12.7 Å². The normalized spacial score (nSPS) is 10.2. The van der Waals surface area contributed by atoms with Gasteiger partial charge in [-0.2, -0.15) is 0 Å². The maximum atomic E-state index is 13.1. The number of hydrogen-bond donors (Lipinski definition) is 1. The number of primary amides is 1. The van der Waals surface area contributed by atoms with Crippen LogP contribution in [-0.2, 0) is 0 Å². The van der Waals surface area contributed by atoms with Gasteiger partial charge in [-0.15, -0.1) is 0 Å². The van der Waals surface area contributed by atoms with Gasteiger partial charge in [-0.05, 0) is 40.5 Å². The summed E-state index contributed by atoms with van der Waals surface area (Å²) < 4.78 is 13.7. The van der Waals surface area contributed by atoms with Crippen molar-refractivity contribution in [3.05, 3.63) is 33.5 Å². The number of carbonyl (C=O) groups excluding carboxylic acids is 1. The molecule has 2 N–H and O–H groups in total. The minimum Gasteiger partial charge on any atom is -0.281 e. The van der Waals surface area contributed by atoms with Crippen molar-refractivity contribution in [2.45, 2.75) is 6.92 Å². The molecule has 0 aliphatic heterocycles. The molecule has 4 heteroatoms. The van der Waals surface area contributed by atoms with Crippen LogP contribution in [0.25, 0.3) is 0 Å². The number of amides is 1. The Bertz CT molecular complexity index is 352. The second-order valence-corrected chi connectivity index (χ2v) is 3.59. The summed E-state index contributed by atoms with van der Waals surface area (Å²) in [5, 5.41) is 1.41. The minimum absolute atomic E-state index is 0.175. The maximum Gasteiger partial charge on any atom is 0.343 e. The summed E-state index contributed by atoms with van der Waals surface area (Å²) in [6.07, 6.45) is 0. The lowest BCUT2D eigenvalue weighted by atomic mass is 10.1. The molecule has 0 fully saturated rings. The summed E-state index contributed by atoms with van der Waals surface area (Å²) in [5.74, 6) is -0.529. The molecular weight excluding hydrogens is 237 g/mol. The number of rotatable bonds is 1. The summed E-state index contributed by atoms with van der Waals surface area (Å²) in [6, 6.07) is 2.85. The summed E-state index contributed by atoms with van der Waals surface area (Å²) in [4.78, 5) is 11.2. The second kappa shape index (κ2) is 3.98. The van der Waals surface area contributed by atoms with Crippen molar-refractivity contribution in [2.24, 2.45) is 0 Å². The molecule has 2 nitrogen and oxygen atoms in total. The van der Waals surface area contributed by atoms with E-state index in [0.717, 1.165) is 0 Å². The van der Waals surface area contributed by atoms with Crippen LogP contribution in [0.5, 0.6) is 0 Å². The molecule has 0 saturated carbocycles. The fraction of sp³-hybridized carbons (Fsp3) is 0.222. The maximum absolute atomic E-state index is 13.1. The zero-order chi connectivity index (χ0) is 10.0. The number of hydrogen-bond acceptors (Lipinski definition) is 1. The van der Waals surface area contributed by atoms with E-state index in [1.807, 2.05) is 0 Å². The number of benzene rings is 1. The lowest BCUT2D eigenvalue weighted by molar-refractivity contribution is -0.523. The third kappa shape index (κ3) is 2.14. The van der Waals surface area contributed by atoms with Crippen molar-refractivity contribution >= 4 is 21.8 Å². The van der Waals surface area contributed by atoms with Gasteiger partial charge in [-0.25, -0.2) is 9.18 Å². The van der Waals surface area contributed by atoms with Crippen molar-refractivity contribution in [1.82, 2.24) is 0 Å². The van der Waals surface area contributed by atoms with E-state index in [-0.39, 0.29) is 11.7 Å². The molecule has 0 unspecified atom stereocenters. The zero-order valence-electron chi connectivity index (χ0n) is 7.40. The molecular formula is C9H10BrFNO+. The van der Waals surface area contributed by atoms with E-state index in [0.29, 0.717) is 15.6 Å². The molecule has 0 heterocycles. The van der Waals surface area contributed by atoms with E-state index in [4.69, 9.17) is 0 Å². The van der Waals surface area contributed by atoms with Gasteiger partial charge in [0.05, 0.1) is 12.6 Å². The number of aryl methyl sites for hydroxylation is 1. The fourth-order valence-corrected chi connectivity index (χ4v) is 1.64. The third-order valence-corrected chi connectivity index (χ3v) is 2.43. The molecule has 0 atom stereocenters. The topological polar surface area (TPSA) is 33.7 Å². The summed E-state index contributed by atoms with van der Waals surface area (Å²) >= 11 is 3.22. The van der Waals surface area contributed by atoms with Crippen molar-refractivity contribution in [2.75, 3.05) is 7.05 Å². The Balaban J connectivity index is 3.23. The molecule has 0 aromatic heterocycles. The van der Waals surface area contributed by atoms with Gasteiger partial charge in [-0.3, -0.25) is 5.32 Å². The molecule has 13 heavy (non-hydrogen) atoms. The lowest BCUT2D eigenvalue weighted by Gasteiger charge is -2.02. The van der Waals surface area contributed by atoms with Crippen molar-refractivity contribution in [3.63, 3.8) is 0 Å². The molecule has 1 aromatic rings. The largest absolute Gasteiger partial charge is 0.343 e. The van der Waals surface area contributed by atoms with Gasteiger partial charge < -0.3 is 0 Å². The van der Waals surface area contributed by atoms with Gasteiger partial charge in [0.15, 0.2) is 0 Å². The average Bonchev–Trinajstić information content (AvgIpc) is 2.10. The number of carbonyl (C=O) groups is 1. The molecule has 70 valence electrons. The standard InChI is InChI=1S/C9H9BrFNO/c1-5-3-7(10)6(4-8(5)11)9(13)12-2/h3-4H,1-2H3,(H,12,13)/p+1. The average molecular weight is 247 g/mol. The van der Waals surface area contributed by atoms with E-state index >= 15 is 0 Å². The highest BCUT2D eigenvalue weighted by molar-refractivity contribution is 9.10. The van der Waals surface area contributed by atoms with Crippen molar-refractivity contribution in [1.29, 1.82) is 0 Å². The van der Waals surface area contributed by atoms with Crippen LogP contribution in [0.1, 0.15) is 15.9 Å². The van der Waals surface area contributed by atoms with E-state index in [1.165, 1.54) is 11.4 Å². The monoisotopic (exact) mass is 246 g/mol. The van der Waals surface area contributed by atoms with Crippen LogP contribution in [0.2, 0.25) is 0 Å². The molecule has 0 aliphatic rings. The van der Waals surface area contributed by atoms with E-state index in [9.17, 15) is 9.18 Å². The first-order valence-electron chi connectivity index (χ1n) is 3.85. The molecule has 0 radical (unpaired) electrons. The highest BCUT2D eigenvalue weighted by Crippen LogP contribution is 2.20. The number of quaternary nitrogens is 1. The van der Waals surface area contributed by atoms with Gasteiger partial charge in [0.1, 0.15) is 5.82 Å². The second-order valence-electron chi connectivity index (χ2n) is 2.73. The molecule has 0 aliphatic carbocycles. The van der Waals surface area contributed by atoms with Crippen LogP contribution in [0.15, 0.2) is 16.6 Å². The number of nitrogens with two attached hydrogens (primary N) is 1. The SMILES string of the molecule is C[NH2+]C(=O)c1cc(F)c(C)cc1Br. The number of halogens is 2. The van der Waals surface area contributed by atoms with Crippen LogP contribution >= 0.6 is 15.9 Å². The highest BCUT2D eigenvalue weighted by Gasteiger charge is 2.14. The molecule has 1 aromatic carbocycles. The summed E-state index contributed by atoms with van der Waals surface area (Å²) in [7, 11) is 1.63. The van der Waals surface area contributed by atoms with Crippen LogP contribution < -0.4 is 5.32 Å². The smallest absolute Gasteiger partial charge is 0.281 e. The Kier molecular flexibility index (Phi) is 3.17. The fourth-order valence-electron chi connectivity index (χ4n) is 0.991. The zero-order valence-corrected chi connectivity index (χ0v) is 8.98. The highest BCUT2D eigenvalue weighted by atomic mass is 79.9. The Morgan fingerprint density at radius 1 is 1.54 bits per heavy atom. The Morgan fingerprint density at radius 3 is 2.69 bits per heavy atom. The molecule has 0 bridgehead atoms. The predicted octanol–water partition coefficient (Wildman–Crippen LogP) is 1.23. The first-order valence-corrected chi connectivity index (χ1v) is 4.65. The molecule has 0 saturated heterocycles. The van der Waals surface area contributed by atoms with Gasteiger partial charge in [-0.1, -0.05) is 0 Å². The van der Waals surface area contributed by atoms with E-state index in [2.05, 4.69) is 15.9 Å². The third-order valence-electron chi connectivity index (χ3n) is 1.78. The first kappa shape index (κ1) is 10.3. The molecule has 1 amide bonds. The van der Waals surface area contributed by atoms with Crippen LogP contribution in [0.3, 0.4) is 0 Å². The Morgan fingerprint density at radius 2 is 2.15 bits per heavy atom. The van der Waals surface area contributed by atoms with E-state index < -0.39 is 0 Å². The van der Waals surface area contributed by atoms with Gasteiger partial charge >= 0.3 is 5.91 Å². The molecule has 0 spiro atoms. The van der Waals surface area contributed by atoms with E-state index in [1.54, 1.807) is 20.0 Å². The van der Waals surface area contributed by atoms with Gasteiger partial charge in [0, 0.05) is 4.47 Å². The molecule has 1 rings (SSSR count). The van der Waals surface area contributed by atoms with Crippen LogP contribution in [-0.4, -0.2) is 13.0 Å². The first-order chi connectivity index (χ1) is 6.06. The summed E-state index contributed by atoms with van der Waals surface area (Å²) in [6.45, 7) is 1.66. The van der Waals surface area contributed by atoms with Crippen LogP contribution in [0.4, 0.5) is 4.39 Å². The van der Waals surface area contributed by atoms with Gasteiger partial charge in [0.2, 0.25) is 0 Å². The summed E-state index contributed by atoms with van der Waals surface area (Å²) in [5.41, 5.74) is 0.894. The van der Waals surface area contributed by atoms with Crippen molar-refractivity contribution < 1.29 is 14.5 Å². The minimum atomic E-state index is -0.353.